The average molecular weight is 270 g/mol. The molecule has 0 aliphatic carbocycles. The quantitative estimate of drug-likeness (QED) is 0.883. The molecule has 0 aromatic heterocycles. The number of rotatable bonds is 4. The average Bonchev–Trinajstić information content (AvgIpc) is 2.27. The Morgan fingerprint density at radius 3 is 2.67 bits per heavy atom. The number of aliphatic hydroxyl groups is 1. The van der Waals surface area contributed by atoms with Crippen molar-refractivity contribution >= 4 is 17.5 Å². The Labute approximate surface area is 113 Å². The van der Waals surface area contributed by atoms with E-state index in [0.717, 1.165) is 5.56 Å². The lowest BCUT2D eigenvalue weighted by Gasteiger charge is -2.18. The molecule has 0 aliphatic rings. The van der Waals surface area contributed by atoms with Gasteiger partial charge < -0.3 is 10.4 Å². The van der Waals surface area contributed by atoms with Gasteiger partial charge in [0.15, 0.2) is 0 Å². The molecule has 18 heavy (non-hydrogen) atoms. The molecule has 1 rings (SSSR count). The van der Waals surface area contributed by atoms with Gasteiger partial charge in [0.1, 0.15) is 0 Å². The highest BCUT2D eigenvalue weighted by molar-refractivity contribution is 6.30. The lowest BCUT2D eigenvalue weighted by atomic mass is 9.95. The Morgan fingerprint density at radius 2 is 2.11 bits per heavy atom. The van der Waals surface area contributed by atoms with Crippen LogP contribution in [0.1, 0.15) is 38.9 Å². The van der Waals surface area contributed by atoms with Crippen molar-refractivity contribution in [3.05, 3.63) is 34.9 Å². The van der Waals surface area contributed by atoms with Crippen LogP contribution in [-0.4, -0.2) is 17.6 Å². The highest BCUT2D eigenvalue weighted by Gasteiger charge is 2.20. The molecule has 0 bridgehead atoms. The molecule has 0 fully saturated rings. The van der Waals surface area contributed by atoms with Crippen molar-refractivity contribution in [1.82, 2.24) is 5.32 Å². The van der Waals surface area contributed by atoms with Gasteiger partial charge in [-0.1, -0.05) is 44.5 Å². The Hall–Kier alpha value is -1.06. The zero-order valence-corrected chi connectivity index (χ0v) is 11.8. The Bertz CT molecular complexity index is 413. The number of benzene rings is 1. The van der Waals surface area contributed by atoms with Crippen molar-refractivity contribution in [3.8, 4) is 0 Å². The van der Waals surface area contributed by atoms with E-state index in [-0.39, 0.29) is 5.91 Å². The maximum Gasteiger partial charge on any atom is 0.225 e. The maximum absolute atomic E-state index is 11.6. The summed E-state index contributed by atoms with van der Waals surface area (Å²) in [5.74, 6) is -0.0132. The van der Waals surface area contributed by atoms with Crippen LogP contribution in [0.4, 0.5) is 0 Å². The second kappa shape index (κ2) is 6.21. The van der Waals surface area contributed by atoms with Crippen LogP contribution in [-0.2, 0) is 4.79 Å². The van der Waals surface area contributed by atoms with Crippen molar-refractivity contribution in [2.75, 3.05) is 6.54 Å². The van der Waals surface area contributed by atoms with Crippen LogP contribution in [0.15, 0.2) is 24.3 Å². The molecule has 1 unspecified atom stereocenters. The molecule has 4 heteroatoms. The molecule has 1 aromatic rings. The second-order valence-corrected chi connectivity index (χ2v) is 5.80. The van der Waals surface area contributed by atoms with Crippen molar-refractivity contribution < 1.29 is 9.90 Å². The number of carbonyl (C=O) groups excluding carboxylic acids is 1. The van der Waals surface area contributed by atoms with Gasteiger partial charge in [-0.25, -0.2) is 0 Å². The first-order chi connectivity index (χ1) is 8.30. The number of carbonyl (C=O) groups is 1. The summed E-state index contributed by atoms with van der Waals surface area (Å²) in [4.78, 5) is 11.6. The zero-order chi connectivity index (χ0) is 13.8. The number of amides is 1. The number of nitrogens with one attached hydrogen (secondary N) is 1. The van der Waals surface area contributed by atoms with E-state index < -0.39 is 11.5 Å². The minimum Gasteiger partial charge on any atom is -0.388 e. The van der Waals surface area contributed by atoms with Crippen molar-refractivity contribution in [2.45, 2.75) is 33.3 Å². The van der Waals surface area contributed by atoms with Gasteiger partial charge in [0.05, 0.1) is 6.10 Å². The third-order valence-electron chi connectivity index (χ3n) is 2.62. The fraction of sp³-hybridized carbons (Fsp3) is 0.500. The van der Waals surface area contributed by atoms with Gasteiger partial charge in [-0.15, -0.1) is 0 Å². The van der Waals surface area contributed by atoms with Gasteiger partial charge in [0.2, 0.25) is 5.91 Å². The molecule has 3 nitrogen and oxygen atoms in total. The molecule has 100 valence electrons. The topological polar surface area (TPSA) is 49.3 Å². The Morgan fingerprint density at radius 1 is 1.44 bits per heavy atom. The first-order valence-electron chi connectivity index (χ1n) is 6.02. The first kappa shape index (κ1) is 15.0. The molecule has 0 radical (unpaired) electrons. The molecule has 1 aromatic carbocycles. The molecule has 0 saturated heterocycles. The third-order valence-corrected chi connectivity index (χ3v) is 2.85. The number of halogens is 1. The smallest absolute Gasteiger partial charge is 0.225 e. The molecular weight excluding hydrogens is 250 g/mol. The molecule has 0 aliphatic heterocycles. The largest absolute Gasteiger partial charge is 0.388 e. The van der Waals surface area contributed by atoms with E-state index in [2.05, 4.69) is 5.32 Å². The number of hydrogen-bond donors (Lipinski definition) is 2. The Kier molecular flexibility index (Phi) is 5.17. The van der Waals surface area contributed by atoms with E-state index in [9.17, 15) is 9.90 Å². The van der Waals surface area contributed by atoms with Gasteiger partial charge in [-0.3, -0.25) is 4.79 Å². The first-order valence-corrected chi connectivity index (χ1v) is 6.40. The van der Waals surface area contributed by atoms with Crippen molar-refractivity contribution in [1.29, 1.82) is 0 Å². The van der Waals surface area contributed by atoms with Crippen LogP contribution in [0.25, 0.3) is 0 Å². The fourth-order valence-corrected chi connectivity index (χ4v) is 1.67. The van der Waals surface area contributed by atoms with Gasteiger partial charge in [-0.05, 0) is 24.1 Å². The third kappa shape index (κ3) is 4.67. The highest BCUT2D eigenvalue weighted by atomic mass is 35.5. The highest BCUT2D eigenvalue weighted by Crippen LogP contribution is 2.20. The Balaban J connectivity index is 2.43. The van der Waals surface area contributed by atoms with E-state index in [1.807, 2.05) is 26.8 Å². The maximum atomic E-state index is 11.6. The number of hydrogen-bond acceptors (Lipinski definition) is 2. The van der Waals surface area contributed by atoms with Crippen LogP contribution in [0.3, 0.4) is 0 Å². The summed E-state index contributed by atoms with van der Waals surface area (Å²) in [5.41, 5.74) is 0.369. The normalized spacial score (nSPS) is 13.2. The summed E-state index contributed by atoms with van der Waals surface area (Å²) in [5, 5.41) is 13.4. The predicted octanol–water partition coefficient (Wildman–Crippen LogP) is 2.93. The van der Waals surface area contributed by atoms with Gasteiger partial charge in [-0.2, -0.15) is 0 Å². The van der Waals surface area contributed by atoms with Gasteiger partial charge in [0.25, 0.3) is 0 Å². The molecule has 2 N–H and O–H groups in total. The summed E-state index contributed by atoms with van der Waals surface area (Å²) >= 11 is 5.85. The molecule has 1 amide bonds. The lowest BCUT2D eigenvalue weighted by Crippen LogP contribution is -2.35. The summed E-state index contributed by atoms with van der Waals surface area (Å²) in [6.45, 7) is 6.02. The van der Waals surface area contributed by atoms with Crippen molar-refractivity contribution in [2.24, 2.45) is 5.41 Å². The fourth-order valence-electron chi connectivity index (χ4n) is 1.47. The van der Waals surface area contributed by atoms with Crippen LogP contribution in [0.5, 0.6) is 0 Å². The molecular formula is C14H20ClNO2. The van der Waals surface area contributed by atoms with Crippen LogP contribution >= 0.6 is 11.6 Å². The van der Waals surface area contributed by atoms with E-state index in [0.29, 0.717) is 18.0 Å². The summed E-state index contributed by atoms with van der Waals surface area (Å²) < 4.78 is 0. The van der Waals surface area contributed by atoms with Gasteiger partial charge in [0, 0.05) is 17.0 Å². The van der Waals surface area contributed by atoms with E-state index in [4.69, 9.17) is 11.6 Å². The molecule has 1 atom stereocenters. The molecule has 0 saturated carbocycles. The van der Waals surface area contributed by atoms with Gasteiger partial charge >= 0.3 is 0 Å². The van der Waals surface area contributed by atoms with E-state index in [1.165, 1.54) is 0 Å². The minimum atomic E-state index is -0.607. The standard InChI is InChI=1S/C14H20ClNO2/c1-14(2,3)13(18)16-8-7-12(17)10-5-4-6-11(15)9-10/h4-6,9,12,17H,7-8H2,1-3H3,(H,16,18). The zero-order valence-electron chi connectivity index (χ0n) is 11.0. The van der Waals surface area contributed by atoms with Crippen LogP contribution < -0.4 is 5.32 Å². The van der Waals surface area contributed by atoms with Crippen molar-refractivity contribution in [3.63, 3.8) is 0 Å². The minimum absolute atomic E-state index is 0.0132. The van der Waals surface area contributed by atoms with Crippen LogP contribution in [0.2, 0.25) is 5.02 Å². The van der Waals surface area contributed by atoms with E-state index >= 15 is 0 Å². The monoisotopic (exact) mass is 269 g/mol. The van der Waals surface area contributed by atoms with E-state index in [1.54, 1.807) is 18.2 Å². The second-order valence-electron chi connectivity index (χ2n) is 5.37. The summed E-state index contributed by atoms with van der Waals surface area (Å²) in [6.07, 6.45) is -0.133. The summed E-state index contributed by atoms with van der Waals surface area (Å²) in [6, 6.07) is 7.12. The number of aliphatic hydroxyl groups excluding tert-OH is 1. The summed E-state index contributed by atoms with van der Waals surface area (Å²) in [7, 11) is 0. The van der Waals surface area contributed by atoms with Crippen LogP contribution in [0, 0.1) is 5.41 Å². The SMILES string of the molecule is CC(C)(C)C(=O)NCCC(O)c1cccc(Cl)c1. The predicted molar refractivity (Wildman–Crippen MR) is 73.5 cm³/mol. The lowest BCUT2D eigenvalue weighted by molar-refractivity contribution is -0.128. The molecule has 0 heterocycles. The molecule has 0 spiro atoms.